The minimum atomic E-state index is -0.200. The van der Waals surface area contributed by atoms with Crippen LogP contribution in [-0.2, 0) is 9.53 Å². The second-order valence-corrected chi connectivity index (χ2v) is 6.51. The Morgan fingerprint density at radius 1 is 1.42 bits per heavy atom. The number of carbonyl (C=O) groups excluding carboxylic acids is 1. The van der Waals surface area contributed by atoms with Crippen molar-refractivity contribution < 1.29 is 9.53 Å². The van der Waals surface area contributed by atoms with E-state index in [1.54, 1.807) is 6.08 Å². The largest absolute Gasteiger partial charge is 0.376 e. The van der Waals surface area contributed by atoms with Gasteiger partial charge in [-0.25, -0.2) is 0 Å². The van der Waals surface area contributed by atoms with E-state index < -0.39 is 0 Å². The number of nitrogens with zero attached hydrogens (tertiary/aromatic N) is 1. The fourth-order valence-corrected chi connectivity index (χ4v) is 2.92. The lowest BCUT2D eigenvalue weighted by Gasteiger charge is -2.27. The Bertz CT molecular complexity index is 578. The maximum Gasteiger partial charge on any atom is 0.250 e. The summed E-state index contributed by atoms with van der Waals surface area (Å²) in [6.45, 7) is 6.53. The number of thiocarbonyl (C=S) groups is 1. The summed E-state index contributed by atoms with van der Waals surface area (Å²) in [6, 6.07) is 8.01. The molecule has 1 aliphatic heterocycles. The number of hydrogen-bond donors (Lipinski definition) is 1. The van der Waals surface area contributed by atoms with Gasteiger partial charge in [0.2, 0.25) is 5.91 Å². The van der Waals surface area contributed by atoms with Crippen molar-refractivity contribution in [3.8, 4) is 0 Å². The van der Waals surface area contributed by atoms with E-state index in [2.05, 4.69) is 12.2 Å². The predicted molar refractivity (Wildman–Crippen MR) is 102 cm³/mol. The average molecular weight is 346 g/mol. The standard InChI is InChI=1S/C19H26N2O2S/c1-3-12-21(14-17-5-4-13-23-17)19(24)20-18(22)11-10-16-8-6-15(2)7-9-16/h6-11,17H,3-5,12-14H2,1-2H3,(H,20,22,24)/b11-10+. The van der Waals surface area contributed by atoms with E-state index in [0.29, 0.717) is 5.11 Å². The molecule has 130 valence electrons. The van der Waals surface area contributed by atoms with E-state index in [1.165, 1.54) is 11.6 Å². The van der Waals surface area contributed by atoms with Crippen molar-refractivity contribution in [2.24, 2.45) is 0 Å². The van der Waals surface area contributed by atoms with Gasteiger partial charge in [-0.1, -0.05) is 36.8 Å². The Hall–Kier alpha value is -1.72. The van der Waals surface area contributed by atoms with Crippen LogP contribution in [0.1, 0.15) is 37.3 Å². The molecule has 1 saturated heterocycles. The molecule has 0 saturated carbocycles. The summed E-state index contributed by atoms with van der Waals surface area (Å²) in [5.41, 5.74) is 2.19. The minimum Gasteiger partial charge on any atom is -0.376 e. The van der Waals surface area contributed by atoms with Crippen LogP contribution >= 0.6 is 12.2 Å². The molecular weight excluding hydrogens is 320 g/mol. The van der Waals surface area contributed by atoms with Gasteiger partial charge in [-0.15, -0.1) is 0 Å². The monoisotopic (exact) mass is 346 g/mol. The molecule has 5 heteroatoms. The van der Waals surface area contributed by atoms with Gasteiger partial charge >= 0.3 is 0 Å². The highest BCUT2D eigenvalue weighted by Gasteiger charge is 2.20. The molecule has 1 N–H and O–H groups in total. The first kappa shape index (κ1) is 18.6. The lowest BCUT2D eigenvalue weighted by Crippen LogP contribution is -2.45. The fourth-order valence-electron chi connectivity index (χ4n) is 2.66. The minimum absolute atomic E-state index is 0.200. The van der Waals surface area contributed by atoms with Crippen LogP contribution in [0.5, 0.6) is 0 Å². The summed E-state index contributed by atoms with van der Waals surface area (Å²) in [7, 11) is 0. The molecule has 24 heavy (non-hydrogen) atoms. The van der Waals surface area contributed by atoms with Crippen LogP contribution in [0, 0.1) is 6.92 Å². The van der Waals surface area contributed by atoms with Crippen LogP contribution in [0.25, 0.3) is 6.08 Å². The second kappa shape index (κ2) is 9.55. The smallest absolute Gasteiger partial charge is 0.250 e. The highest BCUT2D eigenvalue weighted by atomic mass is 32.1. The third-order valence-electron chi connectivity index (χ3n) is 3.96. The van der Waals surface area contributed by atoms with Gasteiger partial charge in [-0.3, -0.25) is 10.1 Å². The first-order valence-electron chi connectivity index (χ1n) is 8.54. The van der Waals surface area contributed by atoms with Crippen molar-refractivity contribution in [2.45, 2.75) is 39.2 Å². The number of nitrogens with one attached hydrogen (secondary N) is 1. The Labute approximate surface area is 149 Å². The molecule has 0 aromatic heterocycles. The predicted octanol–water partition coefficient (Wildman–Crippen LogP) is 3.30. The molecule has 1 aromatic carbocycles. The van der Waals surface area contributed by atoms with E-state index in [4.69, 9.17) is 17.0 Å². The van der Waals surface area contributed by atoms with Gasteiger partial charge in [-0.05, 0) is 50.0 Å². The highest BCUT2D eigenvalue weighted by molar-refractivity contribution is 7.80. The normalized spacial score (nSPS) is 17.2. The van der Waals surface area contributed by atoms with Gasteiger partial charge < -0.3 is 9.64 Å². The Balaban J connectivity index is 1.87. The second-order valence-electron chi connectivity index (χ2n) is 6.12. The van der Waals surface area contributed by atoms with E-state index in [9.17, 15) is 4.79 Å². The molecular formula is C19H26N2O2S. The summed E-state index contributed by atoms with van der Waals surface area (Å²) in [5.74, 6) is -0.200. The number of rotatable bonds is 6. The molecule has 0 bridgehead atoms. The van der Waals surface area contributed by atoms with Crippen molar-refractivity contribution in [3.05, 3.63) is 41.5 Å². The van der Waals surface area contributed by atoms with Crippen LogP contribution in [0.4, 0.5) is 0 Å². The number of amides is 1. The van der Waals surface area contributed by atoms with E-state index in [1.807, 2.05) is 36.1 Å². The summed E-state index contributed by atoms with van der Waals surface area (Å²) < 4.78 is 5.67. The van der Waals surface area contributed by atoms with Gasteiger partial charge in [0.05, 0.1) is 6.10 Å². The van der Waals surface area contributed by atoms with Crippen molar-refractivity contribution in [2.75, 3.05) is 19.7 Å². The molecule has 1 aliphatic rings. The summed E-state index contributed by atoms with van der Waals surface area (Å²) in [6.07, 6.45) is 6.67. The fraction of sp³-hybridized carbons (Fsp3) is 0.474. The average Bonchev–Trinajstić information content (AvgIpc) is 3.07. The zero-order chi connectivity index (χ0) is 17.4. The molecule has 4 nitrogen and oxygen atoms in total. The number of ether oxygens (including phenoxy) is 1. The maximum absolute atomic E-state index is 12.1. The topological polar surface area (TPSA) is 41.6 Å². The van der Waals surface area contributed by atoms with Crippen molar-refractivity contribution in [1.82, 2.24) is 10.2 Å². The van der Waals surface area contributed by atoms with E-state index >= 15 is 0 Å². The van der Waals surface area contributed by atoms with Gasteiger partial charge in [0, 0.05) is 25.8 Å². The van der Waals surface area contributed by atoms with Crippen LogP contribution in [-0.4, -0.2) is 41.7 Å². The molecule has 1 heterocycles. The quantitative estimate of drug-likeness (QED) is 0.634. The van der Waals surface area contributed by atoms with Crippen molar-refractivity contribution in [3.63, 3.8) is 0 Å². The van der Waals surface area contributed by atoms with Gasteiger partial charge in [0.25, 0.3) is 0 Å². The van der Waals surface area contributed by atoms with Crippen LogP contribution in [0.3, 0.4) is 0 Å². The summed E-state index contributed by atoms with van der Waals surface area (Å²) in [4.78, 5) is 14.1. The highest BCUT2D eigenvalue weighted by Crippen LogP contribution is 2.13. The molecule has 0 aliphatic carbocycles. The Kier molecular flexibility index (Phi) is 7.40. The van der Waals surface area contributed by atoms with Crippen LogP contribution in [0.15, 0.2) is 30.3 Å². The van der Waals surface area contributed by atoms with E-state index in [-0.39, 0.29) is 12.0 Å². The molecule has 1 atom stereocenters. The number of hydrogen-bond acceptors (Lipinski definition) is 3. The molecule has 2 rings (SSSR count). The molecule has 1 fully saturated rings. The van der Waals surface area contributed by atoms with Gasteiger partial charge in [0.15, 0.2) is 5.11 Å². The number of aryl methyl sites for hydroxylation is 1. The van der Waals surface area contributed by atoms with Gasteiger partial charge in [-0.2, -0.15) is 0 Å². The molecule has 1 aromatic rings. The summed E-state index contributed by atoms with van der Waals surface area (Å²) in [5, 5.41) is 3.27. The first-order valence-corrected chi connectivity index (χ1v) is 8.95. The molecule has 1 unspecified atom stereocenters. The lowest BCUT2D eigenvalue weighted by atomic mass is 10.1. The summed E-state index contributed by atoms with van der Waals surface area (Å²) >= 11 is 5.40. The molecule has 0 radical (unpaired) electrons. The third kappa shape index (κ3) is 6.06. The van der Waals surface area contributed by atoms with Crippen molar-refractivity contribution in [1.29, 1.82) is 0 Å². The zero-order valence-electron chi connectivity index (χ0n) is 14.5. The molecule has 1 amide bonds. The van der Waals surface area contributed by atoms with Crippen molar-refractivity contribution >= 4 is 29.3 Å². The Morgan fingerprint density at radius 2 is 2.17 bits per heavy atom. The van der Waals surface area contributed by atoms with Crippen LogP contribution in [0.2, 0.25) is 0 Å². The number of carbonyl (C=O) groups is 1. The maximum atomic E-state index is 12.1. The lowest BCUT2D eigenvalue weighted by molar-refractivity contribution is -0.115. The first-order chi connectivity index (χ1) is 11.6. The zero-order valence-corrected chi connectivity index (χ0v) is 15.3. The SMILES string of the molecule is CCCN(CC1CCCO1)C(=S)NC(=O)/C=C/c1ccc(C)cc1. The van der Waals surface area contributed by atoms with E-state index in [0.717, 1.165) is 44.5 Å². The third-order valence-corrected chi connectivity index (χ3v) is 4.32. The van der Waals surface area contributed by atoms with Crippen LogP contribution < -0.4 is 5.32 Å². The molecule has 0 spiro atoms. The Morgan fingerprint density at radius 3 is 2.79 bits per heavy atom. The van der Waals surface area contributed by atoms with Gasteiger partial charge in [0.1, 0.15) is 0 Å². The number of benzene rings is 1.